The molecule has 1 fully saturated rings. The van der Waals surface area contributed by atoms with E-state index in [0.717, 1.165) is 37.8 Å². The Labute approximate surface area is 199 Å². The van der Waals surface area contributed by atoms with Crippen molar-refractivity contribution in [2.75, 3.05) is 24.4 Å². The molecule has 2 aromatic carbocycles. The summed E-state index contributed by atoms with van der Waals surface area (Å²) in [7, 11) is -3.88. The highest BCUT2D eigenvalue weighted by molar-refractivity contribution is 7.92. The average Bonchev–Trinajstić information content (AvgIpc) is 3.36. The van der Waals surface area contributed by atoms with Crippen LogP contribution in [0.25, 0.3) is 0 Å². The number of benzene rings is 2. The van der Waals surface area contributed by atoms with E-state index in [9.17, 15) is 17.6 Å². The molecule has 1 saturated heterocycles. The van der Waals surface area contributed by atoms with Crippen molar-refractivity contribution in [2.45, 2.75) is 37.1 Å². The number of furan rings is 1. The average molecular weight is 486 g/mol. The third-order valence-corrected chi connectivity index (χ3v) is 7.38. The van der Waals surface area contributed by atoms with Crippen LogP contribution in [0.3, 0.4) is 0 Å². The number of hydrogen-bond acceptors (Lipinski definition) is 5. The molecule has 2 N–H and O–H groups in total. The van der Waals surface area contributed by atoms with Crippen LogP contribution in [0, 0.1) is 12.7 Å². The van der Waals surface area contributed by atoms with Gasteiger partial charge < -0.3 is 9.73 Å². The fraction of sp³-hybridized carbons (Fsp3) is 0.320. The zero-order valence-electron chi connectivity index (χ0n) is 19.0. The van der Waals surface area contributed by atoms with E-state index in [1.165, 1.54) is 37.6 Å². The molecular formula is C25H28FN3O4S. The lowest BCUT2D eigenvalue weighted by Crippen LogP contribution is -2.40. The largest absolute Gasteiger partial charge is 0.468 e. The van der Waals surface area contributed by atoms with E-state index in [1.807, 2.05) is 12.1 Å². The van der Waals surface area contributed by atoms with Crippen molar-refractivity contribution in [1.29, 1.82) is 0 Å². The molecule has 180 valence electrons. The Bertz CT molecular complexity index is 1220. The van der Waals surface area contributed by atoms with Crippen LogP contribution >= 0.6 is 0 Å². The minimum atomic E-state index is -3.88. The number of piperidine rings is 1. The summed E-state index contributed by atoms with van der Waals surface area (Å²) >= 11 is 0. The number of aryl methyl sites for hydroxylation is 1. The van der Waals surface area contributed by atoms with Gasteiger partial charge in [0.15, 0.2) is 0 Å². The number of anilines is 1. The Morgan fingerprint density at radius 3 is 2.47 bits per heavy atom. The molecule has 0 bridgehead atoms. The van der Waals surface area contributed by atoms with Crippen molar-refractivity contribution in [3.8, 4) is 0 Å². The van der Waals surface area contributed by atoms with E-state index in [0.29, 0.717) is 17.8 Å². The molecule has 1 atom stereocenters. The first-order chi connectivity index (χ1) is 16.3. The Balaban J connectivity index is 1.40. The zero-order chi connectivity index (χ0) is 24.1. The number of rotatable bonds is 8. The van der Waals surface area contributed by atoms with Gasteiger partial charge in [-0.15, -0.1) is 0 Å². The highest BCUT2D eigenvalue weighted by Gasteiger charge is 2.25. The van der Waals surface area contributed by atoms with Crippen molar-refractivity contribution in [3.05, 3.63) is 83.6 Å². The third kappa shape index (κ3) is 5.66. The van der Waals surface area contributed by atoms with Crippen LogP contribution in [0.5, 0.6) is 0 Å². The van der Waals surface area contributed by atoms with Gasteiger partial charge in [-0.2, -0.15) is 0 Å². The summed E-state index contributed by atoms with van der Waals surface area (Å²) in [6.07, 6.45) is 5.10. The first-order valence-corrected chi connectivity index (χ1v) is 12.8. The summed E-state index contributed by atoms with van der Waals surface area (Å²) in [4.78, 5) is 15.1. The highest BCUT2D eigenvalue weighted by atomic mass is 32.2. The second-order valence-electron chi connectivity index (χ2n) is 8.43. The Hall–Kier alpha value is -3.17. The van der Waals surface area contributed by atoms with E-state index in [-0.39, 0.29) is 22.4 Å². The monoisotopic (exact) mass is 485 g/mol. The van der Waals surface area contributed by atoms with Crippen LogP contribution in [0.15, 0.2) is 70.2 Å². The lowest BCUT2D eigenvalue weighted by molar-refractivity contribution is 0.0914. The zero-order valence-corrected chi connectivity index (χ0v) is 19.8. The molecule has 1 aliphatic rings. The van der Waals surface area contributed by atoms with Crippen LogP contribution in [-0.4, -0.2) is 38.9 Å². The Morgan fingerprint density at radius 1 is 1.09 bits per heavy atom. The molecule has 9 heteroatoms. The summed E-state index contributed by atoms with van der Waals surface area (Å²) in [6, 6.07) is 13.5. The topological polar surface area (TPSA) is 91.6 Å². The molecule has 1 aliphatic heterocycles. The van der Waals surface area contributed by atoms with Gasteiger partial charge in [0.25, 0.3) is 15.9 Å². The number of carbonyl (C=O) groups is 1. The van der Waals surface area contributed by atoms with Crippen LogP contribution in [-0.2, 0) is 10.0 Å². The van der Waals surface area contributed by atoms with Crippen LogP contribution in [0.1, 0.15) is 47.0 Å². The SMILES string of the molecule is Cc1cc(S(=O)(=O)Nc2ccc(C(=O)NC[C@H](c3ccco3)N3CCCCC3)cc2)ccc1F. The summed E-state index contributed by atoms with van der Waals surface area (Å²) in [5, 5.41) is 2.97. The van der Waals surface area contributed by atoms with Crippen LogP contribution in [0.2, 0.25) is 0 Å². The van der Waals surface area contributed by atoms with Gasteiger partial charge in [0.2, 0.25) is 0 Å². The third-order valence-electron chi connectivity index (χ3n) is 6.00. The van der Waals surface area contributed by atoms with E-state index < -0.39 is 15.8 Å². The second-order valence-corrected chi connectivity index (χ2v) is 10.1. The van der Waals surface area contributed by atoms with Gasteiger partial charge >= 0.3 is 0 Å². The summed E-state index contributed by atoms with van der Waals surface area (Å²) in [5.74, 6) is 0.101. The molecule has 1 aromatic heterocycles. The van der Waals surface area contributed by atoms with E-state index in [1.54, 1.807) is 18.4 Å². The molecule has 4 rings (SSSR count). The first kappa shape index (κ1) is 24.0. The quantitative estimate of drug-likeness (QED) is 0.491. The first-order valence-electron chi connectivity index (χ1n) is 11.3. The lowest BCUT2D eigenvalue weighted by Gasteiger charge is -2.33. The van der Waals surface area contributed by atoms with Crippen LogP contribution in [0.4, 0.5) is 10.1 Å². The number of amides is 1. The molecule has 1 amide bonds. The predicted molar refractivity (Wildman–Crippen MR) is 128 cm³/mol. The number of likely N-dealkylation sites (tertiary alicyclic amines) is 1. The maximum Gasteiger partial charge on any atom is 0.261 e. The van der Waals surface area contributed by atoms with Gasteiger partial charge in [0, 0.05) is 17.8 Å². The molecule has 0 unspecified atom stereocenters. The molecule has 0 spiro atoms. The molecule has 2 heterocycles. The number of nitrogens with one attached hydrogen (secondary N) is 2. The normalized spacial score (nSPS) is 15.6. The molecule has 3 aromatic rings. The number of halogens is 1. The maximum atomic E-state index is 13.5. The minimum Gasteiger partial charge on any atom is -0.468 e. The smallest absolute Gasteiger partial charge is 0.261 e. The van der Waals surface area contributed by atoms with Crippen molar-refractivity contribution >= 4 is 21.6 Å². The summed E-state index contributed by atoms with van der Waals surface area (Å²) < 4.78 is 46.7. The fourth-order valence-electron chi connectivity index (χ4n) is 4.10. The van der Waals surface area contributed by atoms with E-state index in [4.69, 9.17) is 4.42 Å². The van der Waals surface area contributed by atoms with Gasteiger partial charge in [-0.1, -0.05) is 6.42 Å². The standard InChI is InChI=1S/C25H28FN3O4S/c1-18-16-21(11-12-22(18)26)34(31,32)28-20-9-7-19(8-10-20)25(30)27-17-23(24-6-5-15-33-24)29-13-3-2-4-14-29/h5-12,15-16,23,28H,2-4,13-14,17H2,1H3,(H,27,30)/t23-/m1/s1. The van der Waals surface area contributed by atoms with Crippen LogP contribution < -0.4 is 10.0 Å². The summed E-state index contributed by atoms with van der Waals surface area (Å²) in [5.41, 5.74) is 0.963. The van der Waals surface area contributed by atoms with Crippen molar-refractivity contribution in [1.82, 2.24) is 10.2 Å². The lowest BCUT2D eigenvalue weighted by atomic mass is 10.1. The van der Waals surface area contributed by atoms with Gasteiger partial charge in [-0.05, 0) is 93.0 Å². The molecule has 0 saturated carbocycles. The second kappa shape index (κ2) is 10.4. The van der Waals surface area contributed by atoms with Crippen molar-refractivity contribution < 1.29 is 22.0 Å². The van der Waals surface area contributed by atoms with E-state index in [2.05, 4.69) is 14.9 Å². The maximum absolute atomic E-state index is 13.5. The number of carbonyl (C=O) groups excluding carboxylic acids is 1. The minimum absolute atomic E-state index is 0.0325. The van der Waals surface area contributed by atoms with Gasteiger partial charge in [0.1, 0.15) is 11.6 Å². The molecule has 0 aliphatic carbocycles. The molecule has 0 radical (unpaired) electrons. The van der Waals surface area contributed by atoms with Gasteiger partial charge in [0.05, 0.1) is 17.2 Å². The predicted octanol–water partition coefficient (Wildman–Crippen LogP) is 4.48. The Kier molecular flexibility index (Phi) is 7.33. The number of hydrogen-bond donors (Lipinski definition) is 2. The Morgan fingerprint density at radius 2 is 1.82 bits per heavy atom. The van der Waals surface area contributed by atoms with Crippen molar-refractivity contribution in [3.63, 3.8) is 0 Å². The molecule has 34 heavy (non-hydrogen) atoms. The number of sulfonamides is 1. The molecule has 7 nitrogen and oxygen atoms in total. The fourth-order valence-corrected chi connectivity index (χ4v) is 5.24. The van der Waals surface area contributed by atoms with Gasteiger partial charge in [-0.25, -0.2) is 12.8 Å². The number of nitrogens with zero attached hydrogens (tertiary/aromatic N) is 1. The summed E-state index contributed by atoms with van der Waals surface area (Å²) in [6.45, 7) is 3.83. The van der Waals surface area contributed by atoms with E-state index >= 15 is 0 Å². The van der Waals surface area contributed by atoms with Crippen molar-refractivity contribution in [2.24, 2.45) is 0 Å². The molecular weight excluding hydrogens is 457 g/mol. The van der Waals surface area contributed by atoms with Gasteiger partial charge in [-0.3, -0.25) is 14.4 Å². The highest BCUT2D eigenvalue weighted by Crippen LogP contribution is 2.25.